The van der Waals surface area contributed by atoms with Crippen LogP contribution in [0.2, 0.25) is 0 Å². The molecule has 1 rings (SSSR count). The van der Waals surface area contributed by atoms with Gasteiger partial charge in [0.2, 0.25) is 5.88 Å². The normalized spacial score (nSPS) is 10.3. The van der Waals surface area contributed by atoms with E-state index in [4.69, 9.17) is 9.47 Å². The molecule has 0 atom stereocenters. The number of anilines is 1. The van der Waals surface area contributed by atoms with E-state index in [1.54, 1.807) is 0 Å². The zero-order valence-corrected chi connectivity index (χ0v) is 11.4. The van der Waals surface area contributed by atoms with Crippen LogP contribution in [0, 0.1) is 0 Å². The van der Waals surface area contributed by atoms with Gasteiger partial charge in [0, 0.05) is 25.8 Å². The Kier molecular flexibility index (Phi) is 7.97. The lowest BCUT2D eigenvalue weighted by atomic mass is 10.3. The van der Waals surface area contributed by atoms with Gasteiger partial charge in [-0.3, -0.25) is 0 Å². The van der Waals surface area contributed by atoms with Crippen LogP contribution in [-0.2, 0) is 4.74 Å². The summed E-state index contributed by atoms with van der Waals surface area (Å²) in [6, 6.07) is 5.75. The van der Waals surface area contributed by atoms with E-state index in [0.29, 0.717) is 12.5 Å². The molecule has 0 fully saturated rings. The fourth-order valence-electron chi connectivity index (χ4n) is 1.48. The zero-order chi connectivity index (χ0) is 13.1. The molecule has 1 aromatic rings. The molecule has 1 aromatic heterocycles. The lowest BCUT2D eigenvalue weighted by Crippen LogP contribution is -2.07. The van der Waals surface area contributed by atoms with Gasteiger partial charge in [0.05, 0.1) is 6.61 Å². The van der Waals surface area contributed by atoms with Crippen molar-refractivity contribution in [3.63, 3.8) is 0 Å². The third-order valence-corrected chi connectivity index (χ3v) is 2.43. The van der Waals surface area contributed by atoms with Crippen molar-refractivity contribution >= 4 is 5.82 Å². The van der Waals surface area contributed by atoms with Crippen LogP contribution >= 0.6 is 0 Å². The molecule has 0 aliphatic carbocycles. The number of hydrogen-bond donors (Lipinski definition) is 1. The van der Waals surface area contributed by atoms with Gasteiger partial charge in [-0.05, 0) is 25.8 Å². The highest BCUT2D eigenvalue weighted by atomic mass is 16.5. The summed E-state index contributed by atoms with van der Waals surface area (Å²) in [5, 5.41) is 3.26. The molecular formula is C14H24N2O2. The van der Waals surface area contributed by atoms with Crippen LogP contribution < -0.4 is 10.1 Å². The third kappa shape index (κ3) is 6.45. The zero-order valence-electron chi connectivity index (χ0n) is 11.4. The Balaban J connectivity index is 2.13. The van der Waals surface area contributed by atoms with Gasteiger partial charge < -0.3 is 14.8 Å². The molecule has 0 spiro atoms. The quantitative estimate of drug-likeness (QED) is 0.650. The van der Waals surface area contributed by atoms with E-state index in [-0.39, 0.29) is 0 Å². The average molecular weight is 252 g/mol. The Morgan fingerprint density at radius 1 is 1.17 bits per heavy atom. The molecule has 1 N–H and O–H groups in total. The predicted octanol–water partition coefficient (Wildman–Crippen LogP) is 3.10. The standard InChI is InChI=1S/C14H24N2O2/c1-3-5-11-17-12-7-10-15-13-8-6-9-14(16-13)18-4-2/h6,8-9H,3-5,7,10-12H2,1-2H3,(H,15,16). The largest absolute Gasteiger partial charge is 0.478 e. The lowest BCUT2D eigenvalue weighted by molar-refractivity contribution is 0.131. The lowest BCUT2D eigenvalue weighted by Gasteiger charge is -2.08. The maximum absolute atomic E-state index is 5.49. The summed E-state index contributed by atoms with van der Waals surface area (Å²) in [5.41, 5.74) is 0. The van der Waals surface area contributed by atoms with E-state index in [1.807, 2.05) is 25.1 Å². The van der Waals surface area contributed by atoms with Crippen LogP contribution in [0.3, 0.4) is 0 Å². The monoisotopic (exact) mass is 252 g/mol. The molecule has 4 nitrogen and oxygen atoms in total. The van der Waals surface area contributed by atoms with Gasteiger partial charge in [-0.1, -0.05) is 19.4 Å². The number of aromatic nitrogens is 1. The number of nitrogens with one attached hydrogen (secondary N) is 1. The minimum absolute atomic E-state index is 0.641. The Hall–Kier alpha value is -1.29. The fraction of sp³-hybridized carbons (Fsp3) is 0.643. The molecule has 0 saturated heterocycles. The molecule has 102 valence electrons. The first-order valence-corrected chi connectivity index (χ1v) is 6.78. The number of rotatable bonds is 10. The van der Waals surface area contributed by atoms with E-state index in [2.05, 4.69) is 17.2 Å². The summed E-state index contributed by atoms with van der Waals surface area (Å²) in [5.74, 6) is 1.52. The topological polar surface area (TPSA) is 43.4 Å². The Labute approximate surface area is 110 Å². The van der Waals surface area contributed by atoms with Crippen molar-refractivity contribution in [2.45, 2.75) is 33.1 Å². The molecule has 1 heterocycles. The molecule has 0 unspecified atom stereocenters. The Morgan fingerprint density at radius 2 is 2.00 bits per heavy atom. The van der Waals surface area contributed by atoms with Crippen molar-refractivity contribution in [1.82, 2.24) is 4.98 Å². The first-order chi connectivity index (χ1) is 8.86. The molecule has 0 amide bonds. The molecule has 4 heteroatoms. The van der Waals surface area contributed by atoms with E-state index in [0.717, 1.165) is 38.4 Å². The van der Waals surface area contributed by atoms with Gasteiger partial charge in [-0.15, -0.1) is 0 Å². The molecule has 0 saturated carbocycles. The number of pyridine rings is 1. The Bertz CT molecular complexity index is 318. The van der Waals surface area contributed by atoms with Crippen molar-refractivity contribution in [3.05, 3.63) is 18.2 Å². The third-order valence-electron chi connectivity index (χ3n) is 2.43. The van der Waals surface area contributed by atoms with Gasteiger partial charge in [0.1, 0.15) is 5.82 Å². The number of nitrogens with zero attached hydrogens (tertiary/aromatic N) is 1. The molecule has 0 aliphatic heterocycles. The van der Waals surface area contributed by atoms with Crippen molar-refractivity contribution in [3.8, 4) is 5.88 Å². The second-order valence-corrected chi connectivity index (χ2v) is 4.04. The summed E-state index contributed by atoms with van der Waals surface area (Å²) < 4.78 is 10.8. The van der Waals surface area contributed by atoms with Gasteiger partial charge >= 0.3 is 0 Å². The summed E-state index contributed by atoms with van der Waals surface area (Å²) >= 11 is 0. The van der Waals surface area contributed by atoms with Gasteiger partial charge in [-0.2, -0.15) is 4.98 Å². The second kappa shape index (κ2) is 9.71. The van der Waals surface area contributed by atoms with Crippen molar-refractivity contribution in [2.75, 3.05) is 31.7 Å². The van der Waals surface area contributed by atoms with Crippen LogP contribution in [0.1, 0.15) is 33.1 Å². The van der Waals surface area contributed by atoms with Gasteiger partial charge in [0.15, 0.2) is 0 Å². The van der Waals surface area contributed by atoms with E-state index < -0.39 is 0 Å². The van der Waals surface area contributed by atoms with Crippen LogP contribution in [0.5, 0.6) is 5.88 Å². The number of unbranched alkanes of at least 4 members (excludes halogenated alkanes) is 1. The maximum atomic E-state index is 5.49. The van der Waals surface area contributed by atoms with Crippen molar-refractivity contribution in [1.29, 1.82) is 0 Å². The van der Waals surface area contributed by atoms with Crippen LogP contribution in [0.15, 0.2) is 18.2 Å². The minimum Gasteiger partial charge on any atom is -0.478 e. The molecular weight excluding hydrogens is 228 g/mol. The molecule has 18 heavy (non-hydrogen) atoms. The Morgan fingerprint density at radius 3 is 2.78 bits per heavy atom. The fourth-order valence-corrected chi connectivity index (χ4v) is 1.48. The van der Waals surface area contributed by atoms with Crippen LogP contribution in [-0.4, -0.2) is 31.3 Å². The van der Waals surface area contributed by atoms with Crippen molar-refractivity contribution < 1.29 is 9.47 Å². The highest BCUT2D eigenvalue weighted by molar-refractivity contribution is 5.36. The van der Waals surface area contributed by atoms with E-state index in [1.165, 1.54) is 6.42 Å². The second-order valence-electron chi connectivity index (χ2n) is 4.04. The molecule has 0 bridgehead atoms. The summed E-state index contributed by atoms with van der Waals surface area (Å²) in [7, 11) is 0. The smallest absolute Gasteiger partial charge is 0.215 e. The van der Waals surface area contributed by atoms with Crippen molar-refractivity contribution in [2.24, 2.45) is 0 Å². The first-order valence-electron chi connectivity index (χ1n) is 6.78. The van der Waals surface area contributed by atoms with Gasteiger partial charge in [0.25, 0.3) is 0 Å². The van der Waals surface area contributed by atoms with Crippen LogP contribution in [0.4, 0.5) is 5.82 Å². The summed E-state index contributed by atoms with van der Waals surface area (Å²) in [6.45, 7) is 7.31. The average Bonchev–Trinajstić information content (AvgIpc) is 2.39. The SMILES string of the molecule is CCCCOCCCNc1cccc(OCC)n1. The van der Waals surface area contributed by atoms with Gasteiger partial charge in [-0.25, -0.2) is 0 Å². The highest BCUT2D eigenvalue weighted by Crippen LogP contribution is 2.11. The summed E-state index contributed by atoms with van der Waals surface area (Å²) in [4.78, 5) is 4.34. The number of hydrogen-bond acceptors (Lipinski definition) is 4. The molecule has 0 aliphatic rings. The number of ether oxygens (including phenoxy) is 2. The first kappa shape index (κ1) is 14.8. The van der Waals surface area contributed by atoms with E-state index in [9.17, 15) is 0 Å². The summed E-state index contributed by atoms with van der Waals surface area (Å²) in [6.07, 6.45) is 3.32. The molecule has 0 aromatic carbocycles. The maximum Gasteiger partial charge on any atom is 0.215 e. The minimum atomic E-state index is 0.641. The highest BCUT2D eigenvalue weighted by Gasteiger charge is 1.97. The van der Waals surface area contributed by atoms with E-state index >= 15 is 0 Å². The predicted molar refractivity (Wildman–Crippen MR) is 74.2 cm³/mol. The van der Waals surface area contributed by atoms with Crippen LogP contribution in [0.25, 0.3) is 0 Å². The molecule has 0 radical (unpaired) electrons.